The van der Waals surface area contributed by atoms with Gasteiger partial charge in [-0.1, -0.05) is 25.5 Å². The minimum absolute atomic E-state index is 0.248. The van der Waals surface area contributed by atoms with Crippen LogP contribution in [0.5, 0.6) is 0 Å². The van der Waals surface area contributed by atoms with E-state index in [0.29, 0.717) is 12.2 Å². The fourth-order valence-corrected chi connectivity index (χ4v) is 1.02. The van der Waals surface area contributed by atoms with E-state index in [1.807, 2.05) is 6.08 Å². The van der Waals surface area contributed by atoms with E-state index < -0.39 is 0 Å². The highest BCUT2D eigenvalue weighted by atomic mass is 16.6. The van der Waals surface area contributed by atoms with Crippen molar-refractivity contribution in [2.75, 3.05) is 6.61 Å². The summed E-state index contributed by atoms with van der Waals surface area (Å²) in [6, 6.07) is 0. The van der Waals surface area contributed by atoms with Gasteiger partial charge < -0.3 is 0 Å². The average molecular weight is 211 g/mol. The molecule has 0 aliphatic carbocycles. The monoisotopic (exact) mass is 211 g/mol. The molecule has 0 saturated heterocycles. The van der Waals surface area contributed by atoms with Crippen molar-refractivity contribution in [2.24, 2.45) is 0 Å². The van der Waals surface area contributed by atoms with Crippen molar-refractivity contribution in [3.8, 4) is 0 Å². The topological polar surface area (TPSA) is 38.3 Å². The maximum atomic E-state index is 11.0. The highest BCUT2D eigenvalue weighted by molar-refractivity contribution is 5.91. The lowest BCUT2D eigenvalue weighted by Gasteiger charge is -2.04. The Hall–Kier alpha value is -1.09. The first kappa shape index (κ1) is 13.9. The molecular weight excluding hydrogens is 190 g/mol. The highest BCUT2D eigenvalue weighted by Gasteiger charge is 1.99. The minimum Gasteiger partial charge on any atom is -0.273 e. The zero-order valence-electron chi connectivity index (χ0n) is 9.55. The van der Waals surface area contributed by atoms with E-state index in [9.17, 15) is 4.79 Å². The predicted molar refractivity (Wildman–Crippen MR) is 62.2 cm³/mol. The van der Waals surface area contributed by atoms with Crippen LogP contribution in [-0.4, -0.2) is 12.5 Å². The molecule has 0 aromatic heterocycles. The van der Waals surface area contributed by atoms with Crippen LogP contribution >= 0.6 is 0 Å². The lowest BCUT2D eigenvalue weighted by molar-refractivity contribution is -0.129. The molecule has 0 aliphatic rings. The van der Waals surface area contributed by atoms with Crippen LogP contribution in [0.4, 0.5) is 0 Å². The molecule has 0 spiro atoms. The Kier molecular flexibility index (Phi) is 8.78. The summed E-state index contributed by atoms with van der Waals surface area (Å²) in [4.78, 5) is 16.0. The maximum Gasteiger partial charge on any atom is 0.269 e. The van der Waals surface area contributed by atoms with Crippen molar-refractivity contribution in [1.82, 2.24) is 5.48 Å². The molecule has 0 saturated carbocycles. The third-order valence-electron chi connectivity index (χ3n) is 1.96. The number of rotatable bonds is 9. The standard InChI is InChI=1S/C12H21NO2/c1-4-5-6-7-8-9-10-15-13-12(14)11(2)3/h4H,1-2,5-10H2,3H3,(H,13,14). The summed E-state index contributed by atoms with van der Waals surface area (Å²) in [5.41, 5.74) is 2.79. The lowest BCUT2D eigenvalue weighted by Crippen LogP contribution is -2.24. The van der Waals surface area contributed by atoms with Crippen LogP contribution in [0.1, 0.15) is 39.0 Å². The Bertz CT molecular complexity index is 212. The summed E-state index contributed by atoms with van der Waals surface area (Å²) >= 11 is 0. The van der Waals surface area contributed by atoms with E-state index in [1.54, 1.807) is 6.92 Å². The molecule has 86 valence electrons. The Labute approximate surface area is 92.2 Å². The third kappa shape index (κ3) is 9.22. The molecule has 3 heteroatoms. The van der Waals surface area contributed by atoms with Gasteiger partial charge in [0, 0.05) is 5.57 Å². The molecule has 0 aromatic rings. The van der Waals surface area contributed by atoms with Crippen LogP contribution in [0, 0.1) is 0 Å². The number of hydrogen-bond donors (Lipinski definition) is 1. The van der Waals surface area contributed by atoms with Gasteiger partial charge in [-0.15, -0.1) is 6.58 Å². The van der Waals surface area contributed by atoms with E-state index in [0.717, 1.165) is 19.3 Å². The molecule has 0 aliphatic heterocycles. The second-order valence-corrected chi connectivity index (χ2v) is 3.55. The zero-order valence-corrected chi connectivity index (χ0v) is 9.55. The van der Waals surface area contributed by atoms with E-state index >= 15 is 0 Å². The fraction of sp³-hybridized carbons (Fsp3) is 0.583. The molecular formula is C12H21NO2. The molecule has 0 heterocycles. The molecule has 1 amide bonds. The third-order valence-corrected chi connectivity index (χ3v) is 1.96. The highest BCUT2D eigenvalue weighted by Crippen LogP contribution is 2.02. The van der Waals surface area contributed by atoms with E-state index in [4.69, 9.17) is 4.84 Å². The summed E-state index contributed by atoms with van der Waals surface area (Å²) in [5, 5.41) is 0. The van der Waals surface area contributed by atoms with Crippen LogP contribution in [0.2, 0.25) is 0 Å². The first-order valence-electron chi connectivity index (χ1n) is 5.37. The van der Waals surface area contributed by atoms with Crippen LogP contribution in [0.25, 0.3) is 0 Å². The molecule has 0 aromatic carbocycles. The Morgan fingerprint density at radius 1 is 1.33 bits per heavy atom. The summed E-state index contributed by atoms with van der Waals surface area (Å²) in [6.07, 6.45) is 7.46. The molecule has 0 rings (SSSR count). The van der Waals surface area contributed by atoms with Crippen molar-refractivity contribution < 1.29 is 9.63 Å². The fourth-order valence-electron chi connectivity index (χ4n) is 1.02. The lowest BCUT2D eigenvalue weighted by atomic mass is 10.1. The van der Waals surface area contributed by atoms with Gasteiger partial charge in [-0.3, -0.25) is 9.63 Å². The first-order valence-corrected chi connectivity index (χ1v) is 5.37. The van der Waals surface area contributed by atoms with Gasteiger partial charge in [0.1, 0.15) is 0 Å². The number of unbranched alkanes of at least 4 members (excludes halogenated alkanes) is 4. The molecule has 0 unspecified atom stereocenters. The van der Waals surface area contributed by atoms with Gasteiger partial charge in [0.25, 0.3) is 5.91 Å². The van der Waals surface area contributed by atoms with E-state index in [1.165, 1.54) is 12.8 Å². The van der Waals surface area contributed by atoms with Crippen molar-refractivity contribution >= 4 is 5.91 Å². The second kappa shape index (κ2) is 9.46. The number of carbonyl (C=O) groups excluding carboxylic acids is 1. The first-order chi connectivity index (χ1) is 7.18. The van der Waals surface area contributed by atoms with Crippen molar-refractivity contribution in [3.05, 3.63) is 24.8 Å². The van der Waals surface area contributed by atoms with Crippen LogP contribution < -0.4 is 5.48 Å². The molecule has 1 N–H and O–H groups in total. The summed E-state index contributed by atoms with van der Waals surface area (Å²) in [6.45, 7) is 9.38. The molecule has 3 nitrogen and oxygen atoms in total. The molecule has 0 fully saturated rings. The summed E-state index contributed by atoms with van der Waals surface area (Å²) < 4.78 is 0. The molecule has 0 radical (unpaired) electrons. The maximum absolute atomic E-state index is 11.0. The number of hydrogen-bond acceptors (Lipinski definition) is 2. The number of nitrogens with one attached hydrogen (secondary N) is 1. The molecule has 0 bridgehead atoms. The molecule has 0 atom stereocenters. The number of amides is 1. The van der Waals surface area contributed by atoms with E-state index in [-0.39, 0.29) is 5.91 Å². The zero-order chi connectivity index (χ0) is 11.5. The van der Waals surface area contributed by atoms with Crippen LogP contribution in [0.3, 0.4) is 0 Å². The predicted octanol–water partition coefficient (Wildman–Crippen LogP) is 2.75. The van der Waals surface area contributed by atoms with Crippen molar-refractivity contribution in [1.29, 1.82) is 0 Å². The van der Waals surface area contributed by atoms with Gasteiger partial charge in [-0.05, 0) is 26.2 Å². The number of hydroxylamine groups is 1. The van der Waals surface area contributed by atoms with Gasteiger partial charge in [0.2, 0.25) is 0 Å². The van der Waals surface area contributed by atoms with Crippen molar-refractivity contribution in [2.45, 2.75) is 39.0 Å². The summed E-state index contributed by atoms with van der Waals surface area (Å²) in [5.74, 6) is -0.248. The SMILES string of the molecule is C=CCCCCCCONC(=O)C(=C)C. The normalized spacial score (nSPS) is 9.67. The second-order valence-electron chi connectivity index (χ2n) is 3.55. The van der Waals surface area contributed by atoms with Gasteiger partial charge in [-0.25, -0.2) is 5.48 Å². The van der Waals surface area contributed by atoms with Crippen LogP contribution in [0.15, 0.2) is 24.8 Å². The average Bonchev–Trinajstić information content (AvgIpc) is 2.21. The van der Waals surface area contributed by atoms with Crippen LogP contribution in [-0.2, 0) is 9.63 Å². The van der Waals surface area contributed by atoms with Crippen molar-refractivity contribution in [3.63, 3.8) is 0 Å². The Morgan fingerprint density at radius 3 is 2.60 bits per heavy atom. The van der Waals surface area contributed by atoms with Gasteiger partial charge in [-0.2, -0.15) is 0 Å². The number of carbonyl (C=O) groups is 1. The van der Waals surface area contributed by atoms with E-state index in [2.05, 4.69) is 18.6 Å². The largest absolute Gasteiger partial charge is 0.273 e. The Balaban J connectivity index is 3.14. The van der Waals surface area contributed by atoms with Gasteiger partial charge in [0.05, 0.1) is 6.61 Å². The quantitative estimate of drug-likeness (QED) is 0.275. The van der Waals surface area contributed by atoms with Gasteiger partial charge in [0.15, 0.2) is 0 Å². The molecule has 15 heavy (non-hydrogen) atoms. The Morgan fingerprint density at radius 2 is 2.00 bits per heavy atom. The summed E-state index contributed by atoms with van der Waals surface area (Å²) in [7, 11) is 0. The smallest absolute Gasteiger partial charge is 0.269 e. The number of allylic oxidation sites excluding steroid dienone is 1. The minimum atomic E-state index is -0.248. The van der Waals surface area contributed by atoms with Gasteiger partial charge >= 0.3 is 0 Å².